The number of nitrogens with zero attached hydrogens (tertiary/aromatic N) is 1. The SMILES string of the molecule is O=C(CN1C(=O)Cc2ccccc2C1=O)O[C@@H]1CCOC1=O. The molecule has 0 bridgehead atoms. The second-order valence-electron chi connectivity index (χ2n) is 5.05. The fourth-order valence-electron chi connectivity index (χ4n) is 2.47. The van der Waals surface area contributed by atoms with Crippen LogP contribution in [-0.2, 0) is 30.3 Å². The molecular weight excluding hydrogens is 290 g/mol. The summed E-state index contributed by atoms with van der Waals surface area (Å²) >= 11 is 0. The number of carbonyl (C=O) groups excluding carboxylic acids is 4. The third-order valence-corrected chi connectivity index (χ3v) is 3.58. The molecule has 2 heterocycles. The van der Waals surface area contributed by atoms with Gasteiger partial charge in [-0.3, -0.25) is 19.3 Å². The molecule has 3 rings (SSSR count). The van der Waals surface area contributed by atoms with Crippen LogP contribution in [0.5, 0.6) is 0 Å². The molecule has 7 heteroatoms. The maximum atomic E-state index is 12.3. The molecular formula is C15H13NO6. The predicted molar refractivity (Wildman–Crippen MR) is 71.6 cm³/mol. The summed E-state index contributed by atoms with van der Waals surface area (Å²) < 4.78 is 9.63. The highest BCUT2D eigenvalue weighted by Gasteiger charge is 2.35. The molecule has 2 aliphatic rings. The number of fused-ring (bicyclic) bond motifs is 1. The number of imide groups is 1. The van der Waals surface area contributed by atoms with Crippen LogP contribution < -0.4 is 0 Å². The maximum Gasteiger partial charge on any atom is 0.347 e. The highest BCUT2D eigenvalue weighted by molar-refractivity contribution is 6.11. The first-order valence-electron chi connectivity index (χ1n) is 6.85. The Morgan fingerprint density at radius 2 is 2.05 bits per heavy atom. The van der Waals surface area contributed by atoms with E-state index in [9.17, 15) is 19.2 Å². The first-order chi connectivity index (χ1) is 10.6. The van der Waals surface area contributed by atoms with Crippen molar-refractivity contribution in [2.75, 3.05) is 13.2 Å². The van der Waals surface area contributed by atoms with Crippen molar-refractivity contribution >= 4 is 23.8 Å². The van der Waals surface area contributed by atoms with E-state index in [0.29, 0.717) is 11.1 Å². The van der Waals surface area contributed by atoms with E-state index in [1.807, 2.05) is 0 Å². The number of rotatable bonds is 3. The second kappa shape index (κ2) is 5.59. The zero-order valence-corrected chi connectivity index (χ0v) is 11.6. The third-order valence-electron chi connectivity index (χ3n) is 3.58. The molecule has 0 N–H and O–H groups in total. The zero-order chi connectivity index (χ0) is 15.7. The van der Waals surface area contributed by atoms with Crippen LogP contribution in [0.2, 0.25) is 0 Å². The average Bonchev–Trinajstić information content (AvgIpc) is 2.89. The summed E-state index contributed by atoms with van der Waals surface area (Å²) in [4.78, 5) is 48.2. The molecule has 22 heavy (non-hydrogen) atoms. The van der Waals surface area contributed by atoms with Gasteiger partial charge in [0.15, 0.2) is 0 Å². The molecule has 2 aliphatic heterocycles. The first-order valence-corrected chi connectivity index (χ1v) is 6.85. The van der Waals surface area contributed by atoms with Crippen LogP contribution in [0.25, 0.3) is 0 Å². The van der Waals surface area contributed by atoms with Crippen molar-refractivity contribution < 1.29 is 28.7 Å². The van der Waals surface area contributed by atoms with Crippen LogP contribution in [0, 0.1) is 0 Å². The molecule has 0 unspecified atom stereocenters. The molecule has 7 nitrogen and oxygen atoms in total. The number of hydrogen-bond donors (Lipinski definition) is 0. The van der Waals surface area contributed by atoms with Gasteiger partial charge in [-0.15, -0.1) is 0 Å². The highest BCUT2D eigenvalue weighted by Crippen LogP contribution is 2.20. The van der Waals surface area contributed by atoms with Crippen LogP contribution in [0.1, 0.15) is 22.3 Å². The molecule has 1 atom stereocenters. The molecule has 0 spiro atoms. The van der Waals surface area contributed by atoms with E-state index in [1.165, 1.54) is 0 Å². The molecule has 0 aromatic heterocycles. The average molecular weight is 303 g/mol. The molecule has 114 valence electrons. The minimum absolute atomic E-state index is 0.0562. The van der Waals surface area contributed by atoms with Gasteiger partial charge in [-0.1, -0.05) is 18.2 Å². The van der Waals surface area contributed by atoms with Gasteiger partial charge in [0.25, 0.3) is 5.91 Å². The normalized spacial score (nSPS) is 20.6. The minimum Gasteiger partial charge on any atom is -0.463 e. The number of benzene rings is 1. The Hall–Kier alpha value is -2.70. The van der Waals surface area contributed by atoms with Crippen LogP contribution in [-0.4, -0.2) is 47.9 Å². The minimum atomic E-state index is -0.949. The third kappa shape index (κ3) is 2.57. The van der Waals surface area contributed by atoms with E-state index in [2.05, 4.69) is 4.74 Å². The fraction of sp³-hybridized carbons (Fsp3) is 0.333. The smallest absolute Gasteiger partial charge is 0.347 e. The quantitative estimate of drug-likeness (QED) is 0.580. The summed E-state index contributed by atoms with van der Waals surface area (Å²) in [5, 5.41) is 0. The molecule has 1 saturated heterocycles. The summed E-state index contributed by atoms with van der Waals surface area (Å²) in [6.07, 6.45) is -0.606. The number of cyclic esters (lactones) is 1. The largest absolute Gasteiger partial charge is 0.463 e. The van der Waals surface area contributed by atoms with Gasteiger partial charge in [0.05, 0.1) is 13.0 Å². The molecule has 0 aliphatic carbocycles. The Balaban J connectivity index is 1.70. The standard InChI is InChI=1S/C15H13NO6/c17-12-7-9-3-1-2-4-10(9)14(19)16(12)8-13(18)22-11-5-6-21-15(11)20/h1-4,11H,5-8H2/t11-/m1/s1. The monoisotopic (exact) mass is 303 g/mol. The van der Waals surface area contributed by atoms with Gasteiger partial charge in [0.2, 0.25) is 12.0 Å². The van der Waals surface area contributed by atoms with Crippen molar-refractivity contribution in [1.29, 1.82) is 0 Å². The van der Waals surface area contributed by atoms with E-state index in [-0.39, 0.29) is 19.4 Å². The fourth-order valence-corrected chi connectivity index (χ4v) is 2.47. The Labute approximate surface area is 125 Å². The van der Waals surface area contributed by atoms with Crippen LogP contribution in [0.4, 0.5) is 0 Å². The number of esters is 2. The molecule has 0 saturated carbocycles. The number of hydrogen-bond acceptors (Lipinski definition) is 6. The summed E-state index contributed by atoms with van der Waals surface area (Å²) in [5.74, 6) is -2.40. The lowest BCUT2D eigenvalue weighted by molar-refractivity contribution is -0.161. The zero-order valence-electron chi connectivity index (χ0n) is 11.6. The lowest BCUT2D eigenvalue weighted by Crippen LogP contribution is -2.46. The van der Waals surface area contributed by atoms with E-state index in [0.717, 1.165) is 4.90 Å². The van der Waals surface area contributed by atoms with E-state index >= 15 is 0 Å². The van der Waals surface area contributed by atoms with Crippen LogP contribution >= 0.6 is 0 Å². The first kappa shape index (κ1) is 14.2. The van der Waals surface area contributed by atoms with Crippen molar-refractivity contribution in [3.63, 3.8) is 0 Å². The van der Waals surface area contributed by atoms with Crippen molar-refractivity contribution in [1.82, 2.24) is 4.90 Å². The van der Waals surface area contributed by atoms with E-state index in [4.69, 9.17) is 4.74 Å². The van der Waals surface area contributed by atoms with Crippen LogP contribution in [0.15, 0.2) is 24.3 Å². The summed E-state index contributed by atoms with van der Waals surface area (Å²) in [6.45, 7) is -0.304. The second-order valence-corrected chi connectivity index (χ2v) is 5.05. The lowest BCUT2D eigenvalue weighted by Gasteiger charge is -2.26. The van der Waals surface area contributed by atoms with Gasteiger partial charge in [-0.05, 0) is 11.6 Å². The van der Waals surface area contributed by atoms with Crippen molar-refractivity contribution in [2.24, 2.45) is 0 Å². The molecule has 1 aromatic carbocycles. The summed E-state index contributed by atoms with van der Waals surface area (Å²) in [6, 6.07) is 6.75. The van der Waals surface area contributed by atoms with Gasteiger partial charge >= 0.3 is 11.9 Å². The van der Waals surface area contributed by atoms with Crippen molar-refractivity contribution in [3.05, 3.63) is 35.4 Å². The number of ether oxygens (including phenoxy) is 2. The van der Waals surface area contributed by atoms with E-state index in [1.54, 1.807) is 24.3 Å². The van der Waals surface area contributed by atoms with E-state index < -0.39 is 36.4 Å². The van der Waals surface area contributed by atoms with Crippen molar-refractivity contribution in [2.45, 2.75) is 18.9 Å². The molecule has 1 fully saturated rings. The summed E-state index contributed by atoms with van der Waals surface area (Å²) in [5.41, 5.74) is 1.04. The molecule has 2 amide bonds. The van der Waals surface area contributed by atoms with Crippen molar-refractivity contribution in [3.8, 4) is 0 Å². The van der Waals surface area contributed by atoms with Crippen LogP contribution in [0.3, 0.4) is 0 Å². The Kier molecular flexibility index (Phi) is 3.62. The van der Waals surface area contributed by atoms with Gasteiger partial charge in [0, 0.05) is 12.0 Å². The van der Waals surface area contributed by atoms with Gasteiger partial charge in [0.1, 0.15) is 6.54 Å². The number of amides is 2. The Bertz CT molecular complexity index is 668. The maximum absolute atomic E-state index is 12.3. The topological polar surface area (TPSA) is 90.0 Å². The Morgan fingerprint density at radius 3 is 2.77 bits per heavy atom. The van der Waals surface area contributed by atoms with Gasteiger partial charge < -0.3 is 9.47 Å². The lowest BCUT2D eigenvalue weighted by atomic mass is 9.98. The summed E-state index contributed by atoms with van der Waals surface area (Å²) in [7, 11) is 0. The number of carbonyl (C=O) groups is 4. The Morgan fingerprint density at radius 1 is 1.27 bits per heavy atom. The van der Waals surface area contributed by atoms with Gasteiger partial charge in [-0.2, -0.15) is 0 Å². The highest BCUT2D eigenvalue weighted by atomic mass is 16.6. The van der Waals surface area contributed by atoms with Gasteiger partial charge in [-0.25, -0.2) is 4.79 Å². The predicted octanol–water partition coefficient (Wildman–Crippen LogP) is 0.0702. The molecule has 0 radical (unpaired) electrons. The molecule has 1 aromatic rings.